The summed E-state index contributed by atoms with van der Waals surface area (Å²) in [6.07, 6.45) is 1.12. The van der Waals surface area contributed by atoms with Crippen molar-refractivity contribution in [3.8, 4) is 0 Å². The van der Waals surface area contributed by atoms with Gasteiger partial charge in [0.25, 0.3) is 0 Å². The molecule has 0 bridgehead atoms. The van der Waals surface area contributed by atoms with Gasteiger partial charge in [-0.25, -0.2) is 4.39 Å². The van der Waals surface area contributed by atoms with Gasteiger partial charge in [0.05, 0.1) is 0 Å². The molecule has 74 valence electrons. The zero-order chi connectivity index (χ0) is 10.3. The number of fused-ring (bicyclic) bond motifs is 1. The number of rotatable bonds is 0. The van der Waals surface area contributed by atoms with Crippen LogP contribution in [0, 0.1) is 11.7 Å². The molecule has 0 aliphatic heterocycles. The van der Waals surface area contributed by atoms with E-state index in [1.165, 1.54) is 6.07 Å². The standard InChI is InChI=1S/C11H10ClFO/c1-6-2-8-9(11(14)3-6)4-7(12)5-10(8)13/h4-6H,2-3H2,1H3. The third-order valence-corrected chi connectivity index (χ3v) is 2.77. The summed E-state index contributed by atoms with van der Waals surface area (Å²) < 4.78 is 13.4. The zero-order valence-electron chi connectivity index (χ0n) is 7.81. The lowest BCUT2D eigenvalue weighted by Crippen LogP contribution is -2.19. The maximum Gasteiger partial charge on any atom is 0.163 e. The summed E-state index contributed by atoms with van der Waals surface area (Å²) in [6.45, 7) is 1.95. The number of Topliss-reactive ketones (excluding diaryl/α,β-unsaturated/α-hetero) is 1. The summed E-state index contributed by atoms with van der Waals surface area (Å²) >= 11 is 5.69. The minimum absolute atomic E-state index is 0.000139. The molecule has 0 radical (unpaired) electrons. The summed E-state index contributed by atoms with van der Waals surface area (Å²) in [4.78, 5) is 11.6. The first-order chi connectivity index (χ1) is 6.58. The first-order valence-electron chi connectivity index (χ1n) is 4.59. The molecule has 1 unspecified atom stereocenters. The molecule has 3 heteroatoms. The van der Waals surface area contributed by atoms with Crippen LogP contribution in [0.25, 0.3) is 0 Å². The van der Waals surface area contributed by atoms with Crippen molar-refractivity contribution in [1.82, 2.24) is 0 Å². The van der Waals surface area contributed by atoms with E-state index in [1.54, 1.807) is 6.07 Å². The van der Waals surface area contributed by atoms with Crippen molar-refractivity contribution in [2.45, 2.75) is 19.8 Å². The minimum atomic E-state index is -0.354. The summed E-state index contributed by atoms with van der Waals surface area (Å²) in [6, 6.07) is 2.83. The Morgan fingerprint density at radius 2 is 2.14 bits per heavy atom. The SMILES string of the molecule is CC1CC(=O)c2cc(Cl)cc(F)c2C1. The molecule has 1 atom stereocenters. The van der Waals surface area contributed by atoms with Crippen LogP contribution in [0.15, 0.2) is 12.1 Å². The Kier molecular flexibility index (Phi) is 2.31. The Morgan fingerprint density at radius 3 is 2.86 bits per heavy atom. The molecule has 0 saturated heterocycles. The number of carbonyl (C=O) groups is 1. The van der Waals surface area contributed by atoms with Crippen LogP contribution < -0.4 is 0 Å². The molecule has 0 fully saturated rings. The van der Waals surface area contributed by atoms with E-state index >= 15 is 0 Å². The molecule has 0 N–H and O–H groups in total. The average Bonchev–Trinajstić information content (AvgIpc) is 2.07. The Labute approximate surface area is 86.9 Å². The molecular formula is C11H10ClFO. The highest BCUT2D eigenvalue weighted by molar-refractivity contribution is 6.31. The Morgan fingerprint density at radius 1 is 1.43 bits per heavy atom. The predicted molar refractivity (Wildman–Crippen MR) is 53.2 cm³/mol. The molecule has 14 heavy (non-hydrogen) atoms. The van der Waals surface area contributed by atoms with Gasteiger partial charge in [-0.1, -0.05) is 18.5 Å². The fourth-order valence-electron chi connectivity index (χ4n) is 1.91. The summed E-state index contributed by atoms with van der Waals surface area (Å²) in [5, 5.41) is 0.296. The van der Waals surface area contributed by atoms with Gasteiger partial charge in [-0.15, -0.1) is 0 Å². The summed E-state index contributed by atoms with van der Waals surface area (Å²) in [5.74, 6) is -0.127. The van der Waals surface area contributed by atoms with Gasteiger partial charge in [0.2, 0.25) is 0 Å². The van der Waals surface area contributed by atoms with Crippen LogP contribution in [-0.4, -0.2) is 5.78 Å². The lowest BCUT2D eigenvalue weighted by Gasteiger charge is -2.20. The minimum Gasteiger partial charge on any atom is -0.294 e. The van der Waals surface area contributed by atoms with Gasteiger partial charge in [0.1, 0.15) is 5.82 Å². The number of halogens is 2. The van der Waals surface area contributed by atoms with Crippen molar-refractivity contribution in [2.75, 3.05) is 0 Å². The highest BCUT2D eigenvalue weighted by Crippen LogP contribution is 2.29. The normalized spacial score (nSPS) is 20.8. The molecule has 0 heterocycles. The van der Waals surface area contributed by atoms with E-state index in [4.69, 9.17) is 11.6 Å². The number of carbonyl (C=O) groups excluding carboxylic acids is 1. The van der Waals surface area contributed by atoms with Gasteiger partial charge in [0, 0.05) is 17.0 Å². The van der Waals surface area contributed by atoms with Gasteiger partial charge in [-0.2, -0.15) is 0 Å². The molecule has 1 aliphatic carbocycles. The lowest BCUT2D eigenvalue weighted by molar-refractivity contribution is 0.0952. The van der Waals surface area contributed by atoms with Gasteiger partial charge in [-0.05, 0) is 30.0 Å². The molecular weight excluding hydrogens is 203 g/mol. The molecule has 0 amide bonds. The van der Waals surface area contributed by atoms with Crippen molar-refractivity contribution in [1.29, 1.82) is 0 Å². The first-order valence-corrected chi connectivity index (χ1v) is 4.97. The second-order valence-electron chi connectivity index (χ2n) is 3.85. The lowest BCUT2D eigenvalue weighted by atomic mass is 9.84. The Balaban J connectivity index is 2.59. The molecule has 1 aromatic rings. The van der Waals surface area contributed by atoms with Gasteiger partial charge < -0.3 is 0 Å². The zero-order valence-corrected chi connectivity index (χ0v) is 8.57. The maximum atomic E-state index is 13.4. The first kappa shape index (κ1) is 9.66. The highest BCUT2D eigenvalue weighted by atomic mass is 35.5. The van der Waals surface area contributed by atoms with Crippen molar-refractivity contribution in [3.05, 3.63) is 34.1 Å². The average molecular weight is 213 g/mol. The van der Waals surface area contributed by atoms with Crippen LogP contribution in [0.4, 0.5) is 4.39 Å². The molecule has 1 aromatic carbocycles. The van der Waals surface area contributed by atoms with Crippen molar-refractivity contribution in [2.24, 2.45) is 5.92 Å². The van der Waals surface area contributed by atoms with E-state index < -0.39 is 0 Å². The number of hydrogen-bond donors (Lipinski definition) is 0. The quantitative estimate of drug-likeness (QED) is 0.645. The van der Waals surface area contributed by atoms with E-state index in [2.05, 4.69) is 0 Å². The van der Waals surface area contributed by atoms with Gasteiger partial charge in [-0.3, -0.25) is 4.79 Å². The van der Waals surface area contributed by atoms with Crippen LogP contribution in [0.3, 0.4) is 0 Å². The highest BCUT2D eigenvalue weighted by Gasteiger charge is 2.25. The molecule has 2 rings (SSSR count). The van der Waals surface area contributed by atoms with E-state index in [0.29, 0.717) is 29.0 Å². The van der Waals surface area contributed by atoms with Crippen molar-refractivity contribution < 1.29 is 9.18 Å². The van der Waals surface area contributed by atoms with Gasteiger partial charge in [0.15, 0.2) is 5.78 Å². The third kappa shape index (κ3) is 1.55. The number of hydrogen-bond acceptors (Lipinski definition) is 1. The fourth-order valence-corrected chi connectivity index (χ4v) is 2.11. The van der Waals surface area contributed by atoms with Crippen LogP contribution in [-0.2, 0) is 6.42 Å². The smallest absolute Gasteiger partial charge is 0.163 e. The Bertz CT molecular complexity index is 401. The summed E-state index contributed by atoms with van der Waals surface area (Å²) in [7, 11) is 0. The molecule has 0 spiro atoms. The predicted octanol–water partition coefficient (Wildman–Crippen LogP) is 3.24. The van der Waals surface area contributed by atoms with Crippen LogP contribution in [0.1, 0.15) is 29.3 Å². The molecule has 0 aromatic heterocycles. The third-order valence-electron chi connectivity index (χ3n) is 2.55. The summed E-state index contributed by atoms with van der Waals surface area (Å²) in [5.41, 5.74) is 0.992. The van der Waals surface area contributed by atoms with Crippen LogP contribution >= 0.6 is 11.6 Å². The topological polar surface area (TPSA) is 17.1 Å². The fraction of sp³-hybridized carbons (Fsp3) is 0.364. The van der Waals surface area contributed by atoms with Crippen LogP contribution in [0.5, 0.6) is 0 Å². The largest absolute Gasteiger partial charge is 0.294 e. The monoisotopic (exact) mass is 212 g/mol. The van der Waals surface area contributed by atoms with E-state index in [-0.39, 0.29) is 17.5 Å². The molecule has 1 nitrogen and oxygen atoms in total. The van der Waals surface area contributed by atoms with Crippen molar-refractivity contribution in [3.63, 3.8) is 0 Å². The van der Waals surface area contributed by atoms with Crippen molar-refractivity contribution >= 4 is 17.4 Å². The van der Waals surface area contributed by atoms with E-state index in [9.17, 15) is 9.18 Å². The van der Waals surface area contributed by atoms with E-state index in [0.717, 1.165) is 0 Å². The van der Waals surface area contributed by atoms with E-state index in [1.807, 2.05) is 6.92 Å². The number of benzene rings is 1. The molecule has 0 saturated carbocycles. The second kappa shape index (κ2) is 3.35. The Hall–Kier alpha value is -0.890. The second-order valence-corrected chi connectivity index (χ2v) is 4.29. The molecule has 1 aliphatic rings. The van der Waals surface area contributed by atoms with Crippen LogP contribution in [0.2, 0.25) is 5.02 Å². The number of ketones is 1. The van der Waals surface area contributed by atoms with Gasteiger partial charge >= 0.3 is 0 Å². The maximum absolute atomic E-state index is 13.4.